The number of carboxylic acids is 3. The Hall–Kier alpha value is -5.12. The molecule has 1 heterocycles. The molecule has 0 spiro atoms. The lowest BCUT2D eigenvalue weighted by molar-refractivity contribution is -0.384. The quantitative estimate of drug-likeness (QED) is 0.131. The highest BCUT2D eigenvalue weighted by atomic mass is 16.6. The molecule has 40 heavy (non-hydrogen) atoms. The van der Waals surface area contributed by atoms with E-state index in [0.29, 0.717) is 11.5 Å². The van der Waals surface area contributed by atoms with E-state index in [1.165, 1.54) is 29.3 Å². The lowest BCUT2D eigenvalue weighted by Crippen LogP contribution is -2.42. The number of hydrogen-bond donors (Lipinski definition) is 5. The minimum atomic E-state index is -2.74. The average molecular weight is 565 g/mol. The zero-order valence-corrected chi connectivity index (χ0v) is 21.5. The third-order valence-corrected chi connectivity index (χ3v) is 5.01. The lowest BCUT2D eigenvalue weighted by Gasteiger charge is -2.21. The van der Waals surface area contributed by atoms with Crippen molar-refractivity contribution in [2.45, 2.75) is 31.8 Å². The number of benzene rings is 1. The second kappa shape index (κ2) is 15.3. The molecule has 0 saturated carbocycles. The summed E-state index contributed by atoms with van der Waals surface area (Å²) in [5.74, 6) is -5.62. The highest BCUT2D eigenvalue weighted by molar-refractivity contribution is 6.06. The molecule has 0 aliphatic carbocycles. The van der Waals surface area contributed by atoms with E-state index < -0.39 is 53.2 Å². The van der Waals surface area contributed by atoms with E-state index in [0.717, 1.165) is 0 Å². The maximum Gasteiger partial charge on any atom is 0.336 e. The van der Waals surface area contributed by atoms with Gasteiger partial charge in [0.2, 0.25) is 0 Å². The van der Waals surface area contributed by atoms with Crippen LogP contribution in [0.15, 0.2) is 42.6 Å². The second-order valence-electron chi connectivity index (χ2n) is 7.92. The summed E-state index contributed by atoms with van der Waals surface area (Å²) >= 11 is 0. The molecule has 1 amide bonds. The van der Waals surface area contributed by atoms with Crippen molar-refractivity contribution in [3.63, 3.8) is 0 Å². The van der Waals surface area contributed by atoms with Gasteiger partial charge < -0.3 is 30.5 Å². The van der Waals surface area contributed by atoms with Crippen LogP contribution in [0, 0.1) is 10.1 Å². The summed E-state index contributed by atoms with van der Waals surface area (Å²) in [6, 6.07) is 9.19. The largest absolute Gasteiger partial charge is 0.481 e. The Morgan fingerprint density at radius 1 is 1.07 bits per heavy atom. The van der Waals surface area contributed by atoms with Crippen molar-refractivity contribution in [2.24, 2.45) is 0 Å². The molecule has 0 fully saturated rings. The Bertz CT molecular complexity index is 1220. The number of esters is 1. The number of rotatable bonds is 13. The van der Waals surface area contributed by atoms with E-state index in [1.807, 2.05) is 0 Å². The number of carbonyl (C=O) groups excluding carboxylic acids is 2. The highest BCUT2D eigenvalue weighted by Crippen LogP contribution is 2.26. The monoisotopic (exact) mass is 564 g/mol. The Balaban J connectivity index is 0.000000520. The van der Waals surface area contributed by atoms with Crippen LogP contribution in [-0.4, -0.2) is 85.9 Å². The number of amides is 1. The van der Waals surface area contributed by atoms with Crippen molar-refractivity contribution >= 4 is 47.0 Å². The standard InChI is InChI=1S/C18H20N4O5.C6H8O7/c1-3-27-17(23)9-11-21(16-6-4-5-10-20-16)18(24)13-7-8-14(19-2)15(12-13)22(25)26;7-3(8)1-6(13,5(11)12)2-4(9)10/h4-8,10,12,19H,3,9,11H2,1-2H3;13H,1-2H2,(H,7,8)(H,9,10)(H,11,12). The number of nitrogens with zero attached hydrogens (tertiary/aromatic N) is 3. The van der Waals surface area contributed by atoms with E-state index in [-0.39, 0.29) is 30.8 Å². The molecule has 0 saturated heterocycles. The first-order chi connectivity index (χ1) is 18.7. The molecule has 0 aliphatic heterocycles. The summed E-state index contributed by atoms with van der Waals surface area (Å²) < 4.78 is 4.90. The summed E-state index contributed by atoms with van der Waals surface area (Å²) in [6.45, 7) is 1.98. The Morgan fingerprint density at radius 3 is 2.15 bits per heavy atom. The average Bonchev–Trinajstić information content (AvgIpc) is 2.88. The molecule has 0 unspecified atom stereocenters. The van der Waals surface area contributed by atoms with Crippen LogP contribution in [0.5, 0.6) is 0 Å². The van der Waals surface area contributed by atoms with Gasteiger partial charge in [-0.3, -0.25) is 34.2 Å². The van der Waals surface area contributed by atoms with Crippen molar-refractivity contribution in [2.75, 3.05) is 30.4 Å². The van der Waals surface area contributed by atoms with Gasteiger partial charge in [0.05, 0.1) is 30.8 Å². The third kappa shape index (κ3) is 9.97. The summed E-state index contributed by atoms with van der Waals surface area (Å²) in [5.41, 5.74) is -2.53. The number of hydrogen-bond acceptors (Lipinski definition) is 11. The molecule has 5 N–H and O–H groups in total. The van der Waals surface area contributed by atoms with Gasteiger partial charge in [0.1, 0.15) is 11.5 Å². The molecular weight excluding hydrogens is 536 g/mol. The first kappa shape index (κ1) is 32.9. The van der Waals surface area contributed by atoms with Crippen LogP contribution in [0.4, 0.5) is 17.2 Å². The molecular formula is C24H28N4O12. The fourth-order valence-corrected chi connectivity index (χ4v) is 3.17. The van der Waals surface area contributed by atoms with Gasteiger partial charge >= 0.3 is 23.9 Å². The van der Waals surface area contributed by atoms with Crippen molar-refractivity contribution in [3.8, 4) is 0 Å². The molecule has 0 atom stereocenters. The lowest BCUT2D eigenvalue weighted by atomic mass is 9.96. The minimum Gasteiger partial charge on any atom is -0.481 e. The number of aliphatic carboxylic acids is 3. The maximum absolute atomic E-state index is 13.0. The molecule has 2 rings (SSSR count). The fraction of sp³-hybridized carbons (Fsp3) is 0.333. The smallest absolute Gasteiger partial charge is 0.336 e. The van der Waals surface area contributed by atoms with Crippen LogP contribution in [0.25, 0.3) is 0 Å². The number of aliphatic hydroxyl groups is 1. The predicted octanol–water partition coefficient (Wildman–Crippen LogP) is 1.38. The van der Waals surface area contributed by atoms with Gasteiger partial charge in [0, 0.05) is 31.4 Å². The van der Waals surface area contributed by atoms with Gasteiger partial charge in [-0.05, 0) is 31.2 Å². The van der Waals surface area contributed by atoms with E-state index in [9.17, 15) is 34.1 Å². The Morgan fingerprint density at radius 2 is 1.70 bits per heavy atom. The zero-order chi connectivity index (χ0) is 30.5. The SMILES string of the molecule is CCOC(=O)CCN(C(=O)c1ccc(NC)c([N+](=O)[O-])c1)c1ccccn1.O=C(O)CC(O)(CC(=O)O)C(=O)O. The van der Waals surface area contributed by atoms with Gasteiger partial charge in [0.15, 0.2) is 5.60 Å². The molecule has 1 aromatic carbocycles. The second-order valence-corrected chi connectivity index (χ2v) is 7.92. The molecule has 0 aliphatic rings. The van der Waals surface area contributed by atoms with Gasteiger partial charge in [-0.15, -0.1) is 0 Å². The number of carbonyl (C=O) groups is 5. The Labute approximate surface area is 227 Å². The molecule has 2 aromatic rings. The van der Waals surface area contributed by atoms with Gasteiger partial charge in [-0.25, -0.2) is 9.78 Å². The minimum absolute atomic E-state index is 0.0210. The fourth-order valence-electron chi connectivity index (χ4n) is 3.17. The predicted molar refractivity (Wildman–Crippen MR) is 137 cm³/mol. The third-order valence-electron chi connectivity index (χ3n) is 5.01. The summed E-state index contributed by atoms with van der Waals surface area (Å²) in [6.07, 6.45) is -0.789. The number of nitro groups is 1. The molecule has 0 radical (unpaired) electrons. The van der Waals surface area contributed by atoms with Crippen LogP contribution < -0.4 is 10.2 Å². The van der Waals surface area contributed by atoms with Gasteiger partial charge in [-0.2, -0.15) is 0 Å². The molecule has 216 valence electrons. The Kier molecular flexibility index (Phi) is 12.6. The number of aromatic nitrogens is 1. The summed E-state index contributed by atoms with van der Waals surface area (Å²) in [4.78, 5) is 71.3. The van der Waals surface area contributed by atoms with Crippen LogP contribution in [-0.2, 0) is 23.9 Å². The summed E-state index contributed by atoms with van der Waals surface area (Å²) in [7, 11) is 1.56. The number of anilines is 2. The van der Waals surface area contributed by atoms with Crippen LogP contribution >= 0.6 is 0 Å². The number of carboxylic acid groups (broad SMARTS) is 3. The summed E-state index contributed by atoms with van der Waals surface area (Å²) in [5, 5.41) is 47.8. The number of ether oxygens (including phenoxy) is 1. The van der Waals surface area contributed by atoms with Crippen LogP contribution in [0.2, 0.25) is 0 Å². The van der Waals surface area contributed by atoms with Crippen LogP contribution in [0.1, 0.15) is 36.5 Å². The van der Waals surface area contributed by atoms with Gasteiger partial charge in [0.25, 0.3) is 11.6 Å². The number of nitro benzene ring substituents is 1. The molecule has 0 bridgehead atoms. The molecule has 16 nitrogen and oxygen atoms in total. The van der Waals surface area contributed by atoms with Crippen LogP contribution in [0.3, 0.4) is 0 Å². The number of pyridine rings is 1. The van der Waals surface area contributed by atoms with Crippen molar-refractivity contribution < 1.29 is 54.1 Å². The first-order valence-electron chi connectivity index (χ1n) is 11.5. The maximum atomic E-state index is 13.0. The molecule has 16 heteroatoms. The number of nitrogens with one attached hydrogen (secondary N) is 1. The van der Waals surface area contributed by atoms with E-state index in [4.69, 9.17) is 25.2 Å². The van der Waals surface area contributed by atoms with E-state index in [2.05, 4.69) is 10.3 Å². The molecule has 1 aromatic heterocycles. The topological polar surface area (TPSA) is 247 Å². The normalized spacial score (nSPS) is 10.4. The van der Waals surface area contributed by atoms with E-state index in [1.54, 1.807) is 32.2 Å². The van der Waals surface area contributed by atoms with E-state index >= 15 is 0 Å². The van der Waals surface area contributed by atoms with Crippen molar-refractivity contribution in [3.05, 3.63) is 58.3 Å². The van der Waals surface area contributed by atoms with Crippen molar-refractivity contribution in [1.29, 1.82) is 0 Å². The van der Waals surface area contributed by atoms with Crippen molar-refractivity contribution in [1.82, 2.24) is 4.98 Å². The van der Waals surface area contributed by atoms with Gasteiger partial charge in [-0.1, -0.05) is 6.07 Å². The highest BCUT2D eigenvalue weighted by Gasteiger charge is 2.40. The first-order valence-corrected chi connectivity index (χ1v) is 11.5. The zero-order valence-electron chi connectivity index (χ0n) is 21.5.